The van der Waals surface area contributed by atoms with Crippen LogP contribution in [-0.4, -0.2) is 33.7 Å². The summed E-state index contributed by atoms with van der Waals surface area (Å²) in [6, 6.07) is 20.3. The standard InChI is InChI=1S/C28H29N3O2S/c1-19-17-21(20(2)30(19)24-13-15-25(33-3)16-14-24)18-26-27(32)31(23-11-7-8-12-23)28(34-26)29-22-9-5-4-6-10-22/h4-6,9-10,13-18,23H,7-8,11-12H2,1-3H3/b26-18-,29-28?. The zero-order chi connectivity index (χ0) is 23.7. The Morgan fingerprint density at radius 1 is 1.03 bits per heavy atom. The van der Waals surface area contributed by atoms with Gasteiger partial charge in [0.05, 0.1) is 17.7 Å². The lowest BCUT2D eigenvalue weighted by Gasteiger charge is -2.22. The maximum atomic E-state index is 13.6. The highest BCUT2D eigenvalue weighted by Gasteiger charge is 2.39. The number of nitrogens with zero attached hydrogens (tertiary/aromatic N) is 3. The summed E-state index contributed by atoms with van der Waals surface area (Å²) in [6.45, 7) is 4.19. The summed E-state index contributed by atoms with van der Waals surface area (Å²) in [5, 5.41) is 0.790. The van der Waals surface area contributed by atoms with Crippen LogP contribution in [0.3, 0.4) is 0 Å². The molecule has 174 valence electrons. The Balaban J connectivity index is 1.51. The van der Waals surface area contributed by atoms with Gasteiger partial charge in [0, 0.05) is 23.1 Å². The van der Waals surface area contributed by atoms with Crippen LogP contribution in [0.2, 0.25) is 0 Å². The van der Waals surface area contributed by atoms with Crippen molar-refractivity contribution in [1.29, 1.82) is 0 Å². The van der Waals surface area contributed by atoms with E-state index in [2.05, 4.69) is 36.6 Å². The smallest absolute Gasteiger partial charge is 0.267 e. The van der Waals surface area contributed by atoms with E-state index in [9.17, 15) is 4.79 Å². The Kier molecular flexibility index (Phi) is 6.33. The lowest BCUT2D eigenvalue weighted by atomic mass is 10.2. The number of carbonyl (C=O) groups excluding carboxylic acids is 1. The molecule has 2 heterocycles. The topological polar surface area (TPSA) is 46.8 Å². The number of hydrogen-bond acceptors (Lipinski definition) is 4. The minimum atomic E-state index is 0.0702. The number of aliphatic imine (C=N–C) groups is 1. The summed E-state index contributed by atoms with van der Waals surface area (Å²) >= 11 is 1.49. The van der Waals surface area contributed by atoms with Crippen molar-refractivity contribution >= 4 is 34.6 Å². The minimum Gasteiger partial charge on any atom is -0.497 e. The summed E-state index contributed by atoms with van der Waals surface area (Å²) in [5.41, 5.74) is 5.22. The molecule has 3 aromatic rings. The number of para-hydroxylation sites is 1. The average molecular weight is 472 g/mol. The van der Waals surface area contributed by atoms with Crippen LogP contribution in [0.15, 0.2) is 70.6 Å². The fourth-order valence-electron chi connectivity index (χ4n) is 4.87. The molecular formula is C28H29N3O2S. The summed E-state index contributed by atoms with van der Waals surface area (Å²) in [5.74, 6) is 0.902. The molecule has 1 amide bonds. The van der Waals surface area contributed by atoms with Crippen molar-refractivity contribution in [2.75, 3.05) is 7.11 Å². The molecule has 0 radical (unpaired) electrons. The number of methoxy groups -OCH3 is 1. The summed E-state index contributed by atoms with van der Waals surface area (Å²) in [6.07, 6.45) is 6.45. The molecule has 2 aromatic carbocycles. The maximum Gasteiger partial charge on any atom is 0.267 e. The number of amidine groups is 1. The molecule has 0 spiro atoms. The molecule has 34 heavy (non-hydrogen) atoms. The number of rotatable bonds is 5. The molecule has 1 aromatic heterocycles. The fraction of sp³-hybridized carbons (Fsp3) is 0.286. The number of benzene rings is 2. The predicted molar refractivity (Wildman–Crippen MR) is 140 cm³/mol. The van der Waals surface area contributed by atoms with Gasteiger partial charge in [0.15, 0.2) is 5.17 Å². The van der Waals surface area contributed by atoms with Crippen LogP contribution >= 0.6 is 11.8 Å². The Morgan fingerprint density at radius 3 is 2.41 bits per heavy atom. The van der Waals surface area contributed by atoms with E-state index in [-0.39, 0.29) is 11.9 Å². The maximum absolute atomic E-state index is 13.6. The first-order valence-corrected chi connectivity index (χ1v) is 12.6. The molecule has 2 aliphatic rings. The Bertz CT molecular complexity index is 1250. The molecule has 0 unspecified atom stereocenters. The number of hydrogen-bond donors (Lipinski definition) is 0. The van der Waals surface area contributed by atoms with Crippen LogP contribution in [0.25, 0.3) is 11.8 Å². The lowest BCUT2D eigenvalue weighted by Crippen LogP contribution is -2.37. The Labute approximate surface area is 205 Å². The molecule has 1 saturated heterocycles. The lowest BCUT2D eigenvalue weighted by molar-refractivity contribution is -0.123. The monoisotopic (exact) mass is 471 g/mol. The van der Waals surface area contributed by atoms with E-state index >= 15 is 0 Å². The highest BCUT2D eigenvalue weighted by atomic mass is 32.2. The normalized spacial score (nSPS) is 19.0. The molecule has 5 rings (SSSR count). The zero-order valence-electron chi connectivity index (χ0n) is 19.8. The van der Waals surface area contributed by atoms with Gasteiger partial charge in [0.25, 0.3) is 5.91 Å². The molecule has 1 aliphatic carbocycles. The van der Waals surface area contributed by atoms with Crippen molar-refractivity contribution in [3.8, 4) is 11.4 Å². The largest absolute Gasteiger partial charge is 0.497 e. The van der Waals surface area contributed by atoms with Crippen LogP contribution in [-0.2, 0) is 4.79 Å². The average Bonchev–Trinajstić information content (AvgIpc) is 3.54. The van der Waals surface area contributed by atoms with Crippen LogP contribution in [0.4, 0.5) is 5.69 Å². The predicted octanol–water partition coefficient (Wildman–Crippen LogP) is 6.65. The zero-order valence-corrected chi connectivity index (χ0v) is 20.6. The molecule has 2 fully saturated rings. The van der Waals surface area contributed by atoms with Gasteiger partial charge in [-0.1, -0.05) is 31.0 Å². The molecule has 1 aliphatic heterocycles. The van der Waals surface area contributed by atoms with Gasteiger partial charge in [-0.25, -0.2) is 4.99 Å². The second-order valence-corrected chi connectivity index (χ2v) is 9.82. The van der Waals surface area contributed by atoms with E-state index in [0.29, 0.717) is 0 Å². The first-order valence-electron chi connectivity index (χ1n) is 11.8. The van der Waals surface area contributed by atoms with Gasteiger partial charge in [0.2, 0.25) is 0 Å². The molecule has 5 nitrogen and oxygen atoms in total. The Hall–Kier alpha value is -3.25. The Morgan fingerprint density at radius 2 is 1.74 bits per heavy atom. The summed E-state index contributed by atoms with van der Waals surface area (Å²) in [7, 11) is 1.67. The second-order valence-electron chi connectivity index (χ2n) is 8.81. The number of amides is 1. The molecule has 6 heteroatoms. The van der Waals surface area contributed by atoms with Gasteiger partial charge in [-0.05, 0) is 92.6 Å². The number of ether oxygens (including phenoxy) is 1. The first kappa shape index (κ1) is 22.5. The third kappa shape index (κ3) is 4.30. The van der Waals surface area contributed by atoms with Crippen LogP contribution in [0, 0.1) is 13.8 Å². The number of carbonyl (C=O) groups is 1. The van der Waals surface area contributed by atoms with Gasteiger partial charge >= 0.3 is 0 Å². The molecule has 0 N–H and O–H groups in total. The van der Waals surface area contributed by atoms with Gasteiger partial charge in [-0.15, -0.1) is 0 Å². The van der Waals surface area contributed by atoms with Crippen molar-refractivity contribution in [3.63, 3.8) is 0 Å². The van der Waals surface area contributed by atoms with Gasteiger partial charge < -0.3 is 9.30 Å². The fourth-order valence-corrected chi connectivity index (χ4v) is 5.92. The quantitative estimate of drug-likeness (QED) is 0.392. The highest BCUT2D eigenvalue weighted by molar-refractivity contribution is 8.18. The van der Waals surface area contributed by atoms with E-state index < -0.39 is 0 Å². The van der Waals surface area contributed by atoms with E-state index in [4.69, 9.17) is 9.73 Å². The third-order valence-corrected chi connectivity index (χ3v) is 7.58. The van der Waals surface area contributed by atoms with Gasteiger partial charge in [-0.2, -0.15) is 0 Å². The first-order chi connectivity index (χ1) is 16.5. The van der Waals surface area contributed by atoms with E-state index in [0.717, 1.165) is 57.0 Å². The van der Waals surface area contributed by atoms with Crippen LogP contribution in [0.5, 0.6) is 5.75 Å². The van der Waals surface area contributed by atoms with Crippen molar-refractivity contribution in [1.82, 2.24) is 9.47 Å². The van der Waals surface area contributed by atoms with E-state index in [1.54, 1.807) is 7.11 Å². The third-order valence-electron chi connectivity index (χ3n) is 6.60. The number of aromatic nitrogens is 1. The van der Waals surface area contributed by atoms with Crippen molar-refractivity contribution in [2.24, 2.45) is 4.99 Å². The van der Waals surface area contributed by atoms with Crippen molar-refractivity contribution in [2.45, 2.75) is 45.6 Å². The number of thioether (sulfide) groups is 1. The minimum absolute atomic E-state index is 0.0702. The van der Waals surface area contributed by atoms with E-state index in [1.807, 2.05) is 53.4 Å². The number of aryl methyl sites for hydroxylation is 1. The molecule has 0 bridgehead atoms. The van der Waals surface area contributed by atoms with Crippen molar-refractivity contribution < 1.29 is 9.53 Å². The molecule has 1 saturated carbocycles. The molecular weight excluding hydrogens is 442 g/mol. The summed E-state index contributed by atoms with van der Waals surface area (Å²) in [4.78, 5) is 21.1. The highest BCUT2D eigenvalue weighted by Crippen LogP contribution is 2.39. The van der Waals surface area contributed by atoms with Gasteiger partial charge in [0.1, 0.15) is 5.75 Å². The molecule has 0 atom stereocenters. The second kappa shape index (κ2) is 9.55. The van der Waals surface area contributed by atoms with Gasteiger partial charge in [-0.3, -0.25) is 9.69 Å². The van der Waals surface area contributed by atoms with Crippen LogP contribution in [0.1, 0.15) is 42.6 Å². The van der Waals surface area contributed by atoms with Crippen molar-refractivity contribution in [3.05, 3.63) is 82.5 Å². The SMILES string of the molecule is COc1ccc(-n2c(C)cc(/C=C3\SC(=Nc4ccccc4)N(C4CCCC4)C3=O)c2C)cc1. The van der Waals surface area contributed by atoms with E-state index in [1.165, 1.54) is 24.6 Å². The summed E-state index contributed by atoms with van der Waals surface area (Å²) < 4.78 is 7.51. The van der Waals surface area contributed by atoms with Crippen LogP contribution < -0.4 is 4.74 Å².